The zero-order valence-electron chi connectivity index (χ0n) is 10.2. The Morgan fingerprint density at radius 3 is 2.95 bits per heavy atom. The van der Waals surface area contributed by atoms with Gasteiger partial charge in [-0.1, -0.05) is 23.8 Å². The number of hydrogen-bond donors (Lipinski definition) is 2. The largest absolute Gasteiger partial charge is 0.359 e. The summed E-state index contributed by atoms with van der Waals surface area (Å²) in [6, 6.07) is 8.18. The minimum Gasteiger partial charge on any atom is -0.359 e. The van der Waals surface area contributed by atoms with Crippen LogP contribution in [0.5, 0.6) is 0 Å². The van der Waals surface area contributed by atoms with E-state index in [1.165, 1.54) is 12.1 Å². The average Bonchev–Trinajstić information content (AvgIpc) is 2.91. The van der Waals surface area contributed by atoms with E-state index < -0.39 is 5.82 Å². The van der Waals surface area contributed by atoms with Crippen molar-refractivity contribution in [3.05, 3.63) is 59.3 Å². The van der Waals surface area contributed by atoms with Crippen LogP contribution in [0.4, 0.5) is 10.1 Å². The predicted molar refractivity (Wildman–Crippen MR) is 82.8 cm³/mol. The van der Waals surface area contributed by atoms with E-state index in [1.807, 2.05) is 18.3 Å². The van der Waals surface area contributed by atoms with Gasteiger partial charge < -0.3 is 10.3 Å². The third-order valence-electron chi connectivity index (χ3n) is 2.87. The summed E-state index contributed by atoms with van der Waals surface area (Å²) >= 11 is 11.1. The molecule has 0 bridgehead atoms. The Hall–Kier alpha value is -1.98. The number of fused-ring (bicyclic) bond motifs is 1. The molecule has 2 heterocycles. The van der Waals surface area contributed by atoms with Gasteiger partial charge in [-0.3, -0.25) is 4.98 Å². The van der Waals surface area contributed by atoms with Crippen molar-refractivity contribution in [2.75, 3.05) is 5.32 Å². The molecule has 100 valence electrons. The number of hydrogen-bond acceptors (Lipinski definition) is 2. The number of thiocarbonyl (C=S) groups is 1. The highest BCUT2D eigenvalue weighted by atomic mass is 35.5. The molecular weight excluding hydrogens is 297 g/mol. The minimum absolute atomic E-state index is 0.0452. The van der Waals surface area contributed by atoms with Crippen LogP contribution in [-0.4, -0.2) is 15.0 Å². The lowest BCUT2D eigenvalue weighted by Crippen LogP contribution is -2.13. The predicted octanol–water partition coefficient (Wildman–Crippen LogP) is 4.14. The molecule has 0 saturated carbocycles. The fourth-order valence-corrected chi connectivity index (χ4v) is 2.37. The number of H-pyrrole nitrogens is 1. The molecule has 0 aliphatic carbocycles. The van der Waals surface area contributed by atoms with E-state index in [0.29, 0.717) is 16.4 Å². The molecule has 0 atom stereocenters. The molecule has 3 rings (SSSR count). The normalized spacial score (nSPS) is 10.7. The smallest absolute Gasteiger partial charge is 0.141 e. The molecule has 3 nitrogen and oxygen atoms in total. The lowest BCUT2D eigenvalue weighted by atomic mass is 10.2. The second-order valence-electron chi connectivity index (χ2n) is 4.18. The van der Waals surface area contributed by atoms with Crippen molar-refractivity contribution in [3.8, 4) is 0 Å². The number of benzene rings is 1. The van der Waals surface area contributed by atoms with E-state index in [1.54, 1.807) is 12.3 Å². The summed E-state index contributed by atoms with van der Waals surface area (Å²) in [5.74, 6) is -0.465. The maximum atomic E-state index is 13.1. The summed E-state index contributed by atoms with van der Waals surface area (Å²) in [5.41, 5.74) is 2.12. The lowest BCUT2D eigenvalue weighted by Gasteiger charge is -2.09. The van der Waals surface area contributed by atoms with Crippen LogP contribution in [0.2, 0.25) is 5.02 Å². The number of nitrogens with one attached hydrogen (secondary N) is 2. The fraction of sp³-hybridized carbons (Fsp3) is 0. The van der Waals surface area contributed by atoms with Crippen LogP contribution in [0, 0.1) is 5.82 Å². The standard InChI is InChI=1S/C14H9ClFN3S/c15-10-7-9(1-2-11(10)16)19-14(20)13-12-8(3-5-17-12)4-6-18-13/h1-7,17H,(H,19,20). The van der Waals surface area contributed by atoms with Crippen LogP contribution in [0.3, 0.4) is 0 Å². The Morgan fingerprint density at radius 1 is 1.30 bits per heavy atom. The van der Waals surface area contributed by atoms with E-state index in [0.717, 1.165) is 10.9 Å². The number of aromatic amines is 1. The first-order chi connectivity index (χ1) is 9.65. The Morgan fingerprint density at radius 2 is 2.15 bits per heavy atom. The molecule has 2 N–H and O–H groups in total. The van der Waals surface area contributed by atoms with Crippen LogP contribution >= 0.6 is 23.8 Å². The van der Waals surface area contributed by atoms with Gasteiger partial charge in [0.2, 0.25) is 0 Å². The van der Waals surface area contributed by atoms with Crippen molar-refractivity contribution in [3.63, 3.8) is 0 Å². The van der Waals surface area contributed by atoms with E-state index >= 15 is 0 Å². The van der Waals surface area contributed by atoms with Crippen LogP contribution in [0.1, 0.15) is 5.69 Å². The third-order valence-corrected chi connectivity index (χ3v) is 3.45. The van der Waals surface area contributed by atoms with Crippen molar-refractivity contribution in [1.29, 1.82) is 0 Å². The minimum atomic E-state index is -0.465. The number of nitrogens with zero attached hydrogens (tertiary/aromatic N) is 1. The maximum Gasteiger partial charge on any atom is 0.141 e. The first kappa shape index (κ1) is 13.0. The first-order valence-electron chi connectivity index (χ1n) is 5.83. The van der Waals surface area contributed by atoms with Gasteiger partial charge in [-0.25, -0.2) is 4.39 Å². The zero-order chi connectivity index (χ0) is 14.1. The van der Waals surface area contributed by atoms with Crippen molar-refractivity contribution in [2.24, 2.45) is 0 Å². The van der Waals surface area contributed by atoms with Gasteiger partial charge in [0.25, 0.3) is 0 Å². The summed E-state index contributed by atoms with van der Waals surface area (Å²) in [5, 5.41) is 4.08. The molecule has 0 aliphatic heterocycles. The number of rotatable bonds is 2. The maximum absolute atomic E-state index is 13.1. The summed E-state index contributed by atoms with van der Waals surface area (Å²) in [6.07, 6.45) is 3.52. The molecule has 6 heteroatoms. The van der Waals surface area contributed by atoms with Gasteiger partial charge in [-0.15, -0.1) is 0 Å². The average molecular weight is 306 g/mol. The van der Waals surface area contributed by atoms with Crippen LogP contribution < -0.4 is 5.32 Å². The van der Waals surface area contributed by atoms with Crippen molar-refractivity contribution < 1.29 is 4.39 Å². The monoisotopic (exact) mass is 305 g/mol. The second-order valence-corrected chi connectivity index (χ2v) is 5.00. The summed E-state index contributed by atoms with van der Waals surface area (Å²) in [4.78, 5) is 7.82. The Balaban J connectivity index is 1.93. The summed E-state index contributed by atoms with van der Waals surface area (Å²) < 4.78 is 13.1. The van der Waals surface area contributed by atoms with Gasteiger partial charge in [-0.05, 0) is 30.3 Å². The number of anilines is 1. The molecule has 0 amide bonds. The molecule has 0 aliphatic rings. The Bertz CT molecular complexity index is 800. The van der Waals surface area contributed by atoms with E-state index in [-0.39, 0.29) is 5.02 Å². The molecule has 1 aromatic carbocycles. The molecule has 0 spiro atoms. The topological polar surface area (TPSA) is 40.7 Å². The van der Waals surface area contributed by atoms with Crippen molar-refractivity contribution >= 4 is 45.4 Å². The van der Waals surface area contributed by atoms with Gasteiger partial charge in [0.15, 0.2) is 0 Å². The molecule has 0 fully saturated rings. The van der Waals surface area contributed by atoms with Gasteiger partial charge in [-0.2, -0.15) is 0 Å². The second kappa shape index (κ2) is 5.19. The molecule has 0 unspecified atom stereocenters. The van der Waals surface area contributed by atoms with Crippen molar-refractivity contribution in [1.82, 2.24) is 9.97 Å². The summed E-state index contributed by atoms with van der Waals surface area (Å²) in [7, 11) is 0. The van der Waals surface area contributed by atoms with Crippen LogP contribution in [0.25, 0.3) is 10.9 Å². The quantitative estimate of drug-likeness (QED) is 0.699. The molecule has 2 aromatic heterocycles. The number of halogens is 2. The van der Waals surface area contributed by atoms with E-state index in [4.69, 9.17) is 23.8 Å². The van der Waals surface area contributed by atoms with Crippen LogP contribution in [-0.2, 0) is 0 Å². The number of aromatic nitrogens is 2. The Kier molecular flexibility index (Phi) is 3.38. The van der Waals surface area contributed by atoms with Gasteiger partial charge in [0.1, 0.15) is 16.5 Å². The van der Waals surface area contributed by atoms with E-state index in [9.17, 15) is 4.39 Å². The van der Waals surface area contributed by atoms with Crippen LogP contribution in [0.15, 0.2) is 42.7 Å². The fourth-order valence-electron chi connectivity index (χ4n) is 1.92. The first-order valence-corrected chi connectivity index (χ1v) is 6.62. The highest BCUT2D eigenvalue weighted by molar-refractivity contribution is 7.81. The van der Waals surface area contributed by atoms with Gasteiger partial charge in [0, 0.05) is 23.5 Å². The molecule has 20 heavy (non-hydrogen) atoms. The molecule has 0 radical (unpaired) electrons. The molecular formula is C14H9ClFN3S. The SMILES string of the molecule is Fc1ccc(NC(=S)c2nccc3cc[nH]c23)cc1Cl. The zero-order valence-corrected chi connectivity index (χ0v) is 11.7. The van der Waals surface area contributed by atoms with Gasteiger partial charge >= 0.3 is 0 Å². The molecule has 3 aromatic rings. The third kappa shape index (κ3) is 2.37. The lowest BCUT2D eigenvalue weighted by molar-refractivity contribution is 0.628. The highest BCUT2D eigenvalue weighted by Crippen LogP contribution is 2.21. The highest BCUT2D eigenvalue weighted by Gasteiger charge is 2.10. The summed E-state index contributed by atoms with van der Waals surface area (Å²) in [6.45, 7) is 0. The van der Waals surface area contributed by atoms with E-state index in [2.05, 4.69) is 15.3 Å². The van der Waals surface area contributed by atoms with Gasteiger partial charge in [0.05, 0.1) is 10.5 Å². The Labute approximate surface area is 124 Å². The molecule has 0 saturated heterocycles. The van der Waals surface area contributed by atoms with Crippen molar-refractivity contribution in [2.45, 2.75) is 0 Å². The number of pyridine rings is 1.